The van der Waals surface area contributed by atoms with Gasteiger partial charge in [-0.3, -0.25) is 5.41 Å². The van der Waals surface area contributed by atoms with Gasteiger partial charge in [-0.1, -0.05) is 32.8 Å². The van der Waals surface area contributed by atoms with Crippen molar-refractivity contribution < 1.29 is 19.0 Å². The molecule has 2 aromatic heterocycles. The smallest absolute Gasteiger partial charge is 0.341 e. The van der Waals surface area contributed by atoms with Crippen molar-refractivity contribution in [2.45, 2.75) is 46.1 Å². The number of nitrogens with one attached hydrogen (secondary N) is 2. The lowest BCUT2D eigenvalue weighted by Crippen LogP contribution is -2.20. The van der Waals surface area contributed by atoms with Gasteiger partial charge in [0.2, 0.25) is 0 Å². The minimum atomic E-state index is -0.571. The summed E-state index contributed by atoms with van der Waals surface area (Å²) in [5.74, 6) is -0.247. The SMILES string of the molecule is CCCCOC(=O)c1ccc(C#N)cc1Oc1nc(Oc2cccc(NC(=N)N)c2)nc2c1ncn2CCCC. The standard InChI is InChI=1S/C28H30N8O4/c1-3-5-12-36-17-32-23-24(36)34-28(39-20-9-7-8-19(15-20)33-27(30)31)35-25(23)40-22-14-18(16-29)10-11-21(22)26(37)38-13-6-4-2/h7-11,14-15,17H,3-6,12-13H2,1-2H3,(H4,30,31,33). The molecule has 40 heavy (non-hydrogen) atoms. The van der Waals surface area contributed by atoms with Crippen molar-refractivity contribution in [1.82, 2.24) is 19.5 Å². The number of nitrogens with two attached hydrogens (primary N) is 1. The number of carbonyl (C=O) groups is 1. The molecule has 4 rings (SSSR count). The lowest BCUT2D eigenvalue weighted by Gasteiger charge is -2.13. The fourth-order valence-corrected chi connectivity index (χ4v) is 3.74. The van der Waals surface area contributed by atoms with Crippen LogP contribution in [-0.4, -0.2) is 38.1 Å². The van der Waals surface area contributed by atoms with Crippen LogP contribution in [0.1, 0.15) is 55.5 Å². The number of unbranched alkanes of at least 4 members (excludes halogenated alkanes) is 2. The zero-order valence-electron chi connectivity index (χ0n) is 22.3. The molecule has 12 nitrogen and oxygen atoms in total. The number of nitrogens with zero attached hydrogens (tertiary/aromatic N) is 5. The van der Waals surface area contributed by atoms with E-state index < -0.39 is 5.97 Å². The zero-order chi connectivity index (χ0) is 28.5. The van der Waals surface area contributed by atoms with Crippen LogP contribution in [-0.2, 0) is 11.3 Å². The normalized spacial score (nSPS) is 10.6. The topological polar surface area (TPSA) is 174 Å². The second-order valence-corrected chi connectivity index (χ2v) is 8.86. The summed E-state index contributed by atoms with van der Waals surface area (Å²) in [5.41, 5.74) is 7.29. The Kier molecular flexibility index (Phi) is 9.09. The average molecular weight is 543 g/mol. The van der Waals surface area contributed by atoms with Crippen LogP contribution in [0.25, 0.3) is 11.2 Å². The molecule has 0 spiro atoms. The number of aromatic nitrogens is 4. The van der Waals surface area contributed by atoms with Crippen molar-refractivity contribution in [3.8, 4) is 29.5 Å². The number of aryl methyl sites for hydroxylation is 1. The number of hydrogen-bond acceptors (Lipinski definition) is 9. The first kappa shape index (κ1) is 27.8. The number of guanidine groups is 1. The molecule has 0 radical (unpaired) electrons. The van der Waals surface area contributed by atoms with Crippen molar-refractivity contribution >= 4 is 28.8 Å². The van der Waals surface area contributed by atoms with Gasteiger partial charge in [-0.2, -0.15) is 15.2 Å². The minimum Gasteiger partial charge on any atom is -0.462 e. The molecule has 0 fully saturated rings. The van der Waals surface area contributed by atoms with Gasteiger partial charge in [-0.15, -0.1) is 0 Å². The number of carbonyl (C=O) groups excluding carboxylic acids is 1. The van der Waals surface area contributed by atoms with Crippen molar-refractivity contribution in [2.24, 2.45) is 5.73 Å². The lowest BCUT2D eigenvalue weighted by molar-refractivity contribution is 0.0497. The fourth-order valence-electron chi connectivity index (χ4n) is 3.74. The van der Waals surface area contributed by atoms with E-state index in [1.807, 2.05) is 11.5 Å². The molecule has 2 aromatic carbocycles. The molecule has 0 saturated heterocycles. The summed E-state index contributed by atoms with van der Waals surface area (Å²) in [5, 5.41) is 19.6. The summed E-state index contributed by atoms with van der Waals surface area (Å²) in [6.45, 7) is 5.02. The molecule has 4 N–H and O–H groups in total. The molecule has 2 heterocycles. The third-order valence-corrected chi connectivity index (χ3v) is 5.75. The van der Waals surface area contributed by atoms with Gasteiger partial charge in [0.15, 0.2) is 17.1 Å². The Balaban J connectivity index is 1.75. The summed E-state index contributed by atoms with van der Waals surface area (Å²) in [7, 11) is 0. The average Bonchev–Trinajstić information content (AvgIpc) is 3.34. The van der Waals surface area contributed by atoms with Crippen LogP contribution in [0, 0.1) is 16.7 Å². The van der Waals surface area contributed by atoms with Crippen molar-refractivity contribution in [3.05, 3.63) is 59.9 Å². The van der Waals surface area contributed by atoms with Gasteiger partial charge in [-0.05, 0) is 43.2 Å². The molecule has 0 aliphatic rings. The number of anilines is 1. The number of hydrogen-bond donors (Lipinski definition) is 3. The van der Waals surface area contributed by atoms with Crippen LogP contribution in [0.4, 0.5) is 5.69 Å². The lowest BCUT2D eigenvalue weighted by atomic mass is 10.1. The Morgan fingerprint density at radius 1 is 1.12 bits per heavy atom. The highest BCUT2D eigenvalue weighted by Crippen LogP contribution is 2.33. The summed E-state index contributed by atoms with van der Waals surface area (Å²) in [6, 6.07) is 13.3. The van der Waals surface area contributed by atoms with Crippen LogP contribution < -0.4 is 20.5 Å². The maximum atomic E-state index is 12.8. The summed E-state index contributed by atoms with van der Waals surface area (Å²) in [6.07, 6.45) is 5.12. The van der Waals surface area contributed by atoms with E-state index in [1.165, 1.54) is 18.2 Å². The molecule has 4 aromatic rings. The fraction of sp³-hybridized carbons (Fsp3) is 0.286. The predicted octanol–water partition coefficient (Wildman–Crippen LogP) is 5.34. The molecule has 0 amide bonds. The highest BCUT2D eigenvalue weighted by atomic mass is 16.5. The monoisotopic (exact) mass is 542 g/mol. The van der Waals surface area contributed by atoms with Gasteiger partial charge in [0.1, 0.15) is 17.1 Å². The Morgan fingerprint density at radius 2 is 1.95 bits per heavy atom. The number of rotatable bonds is 12. The van der Waals surface area contributed by atoms with Crippen molar-refractivity contribution in [3.63, 3.8) is 0 Å². The van der Waals surface area contributed by atoms with E-state index in [9.17, 15) is 10.1 Å². The molecule has 0 atom stereocenters. The van der Waals surface area contributed by atoms with Gasteiger partial charge in [-0.25, -0.2) is 9.78 Å². The second-order valence-electron chi connectivity index (χ2n) is 8.86. The van der Waals surface area contributed by atoms with Crippen molar-refractivity contribution in [1.29, 1.82) is 10.7 Å². The molecule has 206 valence electrons. The largest absolute Gasteiger partial charge is 0.462 e. The first-order chi connectivity index (χ1) is 19.4. The van der Waals surface area contributed by atoms with Crippen LogP contribution in [0.15, 0.2) is 48.8 Å². The number of nitriles is 1. The van der Waals surface area contributed by atoms with Crippen LogP contribution in [0.5, 0.6) is 23.4 Å². The van der Waals surface area contributed by atoms with Gasteiger partial charge in [0, 0.05) is 18.3 Å². The molecule has 0 bridgehead atoms. The number of benzene rings is 2. The number of fused-ring (bicyclic) bond motifs is 1. The predicted molar refractivity (Wildman–Crippen MR) is 149 cm³/mol. The quantitative estimate of drug-likeness (QED) is 0.0916. The molecule has 0 aliphatic carbocycles. The van der Waals surface area contributed by atoms with E-state index in [0.717, 1.165) is 25.7 Å². The highest BCUT2D eigenvalue weighted by molar-refractivity contribution is 5.93. The van der Waals surface area contributed by atoms with E-state index in [1.54, 1.807) is 30.6 Å². The van der Waals surface area contributed by atoms with Crippen molar-refractivity contribution in [2.75, 3.05) is 11.9 Å². The Hall–Kier alpha value is -5.18. The zero-order valence-corrected chi connectivity index (χ0v) is 22.3. The Morgan fingerprint density at radius 3 is 2.70 bits per heavy atom. The maximum absolute atomic E-state index is 12.8. The van der Waals surface area contributed by atoms with Crippen LogP contribution >= 0.6 is 0 Å². The van der Waals surface area contributed by atoms with E-state index in [2.05, 4.69) is 33.3 Å². The van der Waals surface area contributed by atoms with E-state index in [4.69, 9.17) is 25.4 Å². The minimum absolute atomic E-state index is 0.0239. The third kappa shape index (κ3) is 6.82. The molecule has 0 aliphatic heterocycles. The highest BCUT2D eigenvalue weighted by Gasteiger charge is 2.21. The molecule has 0 unspecified atom stereocenters. The number of imidazole rings is 1. The summed E-state index contributed by atoms with van der Waals surface area (Å²) in [4.78, 5) is 26.3. The van der Waals surface area contributed by atoms with Crippen LogP contribution in [0.2, 0.25) is 0 Å². The number of ether oxygens (including phenoxy) is 3. The molecule has 12 heteroatoms. The summed E-state index contributed by atoms with van der Waals surface area (Å²) >= 11 is 0. The van der Waals surface area contributed by atoms with E-state index >= 15 is 0 Å². The van der Waals surface area contributed by atoms with E-state index in [0.29, 0.717) is 34.7 Å². The molecular formula is C28H30N8O4. The molecular weight excluding hydrogens is 512 g/mol. The second kappa shape index (κ2) is 13.1. The summed E-state index contributed by atoms with van der Waals surface area (Å²) < 4.78 is 19.4. The van der Waals surface area contributed by atoms with Gasteiger partial charge in [0.25, 0.3) is 5.88 Å². The third-order valence-electron chi connectivity index (χ3n) is 5.75. The maximum Gasteiger partial charge on any atom is 0.341 e. The number of esters is 1. The van der Waals surface area contributed by atoms with Gasteiger partial charge >= 0.3 is 12.0 Å². The van der Waals surface area contributed by atoms with Crippen LogP contribution in [0.3, 0.4) is 0 Å². The molecule has 0 saturated carbocycles. The first-order valence-corrected chi connectivity index (χ1v) is 12.9. The van der Waals surface area contributed by atoms with Gasteiger partial charge < -0.3 is 29.8 Å². The van der Waals surface area contributed by atoms with Gasteiger partial charge in [0.05, 0.1) is 24.6 Å². The van der Waals surface area contributed by atoms with E-state index in [-0.39, 0.29) is 35.8 Å². The Labute approximate surface area is 231 Å². The first-order valence-electron chi connectivity index (χ1n) is 12.9. The Bertz CT molecular complexity index is 1560.